The summed E-state index contributed by atoms with van der Waals surface area (Å²) in [6, 6.07) is 0. The minimum absolute atomic E-state index is 0. The van der Waals surface area contributed by atoms with Gasteiger partial charge in [-0.25, -0.2) is 0 Å². The molecule has 0 nitrogen and oxygen atoms in total. The molecule has 0 aliphatic rings. The second kappa shape index (κ2) is 21.9. The van der Waals surface area contributed by atoms with E-state index in [1.165, 1.54) is 103 Å². The van der Waals surface area contributed by atoms with Crippen molar-refractivity contribution in [2.75, 3.05) is 5.88 Å². The van der Waals surface area contributed by atoms with E-state index in [9.17, 15) is 0 Å². The van der Waals surface area contributed by atoms with Crippen LogP contribution in [0.4, 0.5) is 0 Å². The molecule has 0 unspecified atom stereocenters. The minimum atomic E-state index is 0. The molecule has 0 atom stereocenters. The molecule has 0 aromatic heterocycles. The predicted molar refractivity (Wildman–Crippen MR) is 97.5 cm³/mol. The Kier molecular flexibility index (Phi) is 25.0. The van der Waals surface area contributed by atoms with Crippen LogP contribution >= 0.6 is 24.0 Å². The van der Waals surface area contributed by atoms with Gasteiger partial charge in [0.2, 0.25) is 0 Å². The van der Waals surface area contributed by atoms with E-state index in [0.29, 0.717) is 0 Å². The second-order valence-electron chi connectivity index (χ2n) is 5.99. The summed E-state index contributed by atoms with van der Waals surface area (Å²) in [7, 11) is 0. The van der Waals surface area contributed by atoms with Crippen molar-refractivity contribution >= 4 is 24.0 Å². The summed E-state index contributed by atoms with van der Waals surface area (Å²) in [5.74, 6) is 0.846. The van der Waals surface area contributed by atoms with Crippen molar-refractivity contribution in [3.05, 3.63) is 0 Å². The molecule has 20 heavy (non-hydrogen) atoms. The van der Waals surface area contributed by atoms with Crippen LogP contribution in [0, 0.1) is 0 Å². The van der Waals surface area contributed by atoms with Gasteiger partial charge >= 0.3 is 0 Å². The molecule has 0 fully saturated rings. The monoisotopic (exact) mass is 324 g/mol. The van der Waals surface area contributed by atoms with Gasteiger partial charge in [0.15, 0.2) is 0 Å². The van der Waals surface area contributed by atoms with E-state index in [-0.39, 0.29) is 12.4 Å². The first-order valence-corrected chi connectivity index (χ1v) is 9.51. The van der Waals surface area contributed by atoms with E-state index in [1.807, 2.05) is 0 Å². The van der Waals surface area contributed by atoms with E-state index >= 15 is 0 Å². The molecule has 0 rings (SSSR count). The van der Waals surface area contributed by atoms with E-state index in [2.05, 4.69) is 6.92 Å². The van der Waals surface area contributed by atoms with Crippen molar-refractivity contribution in [2.24, 2.45) is 0 Å². The summed E-state index contributed by atoms with van der Waals surface area (Å²) in [6.07, 6.45) is 22.8. The Bertz CT molecular complexity index is 132. The smallest absolute Gasteiger partial charge is 0.0223 e. The first kappa shape index (κ1) is 22.9. The van der Waals surface area contributed by atoms with Gasteiger partial charge in [-0.15, -0.1) is 24.0 Å². The predicted octanol–water partition coefficient (Wildman–Crippen LogP) is 7.91. The fourth-order valence-corrected chi connectivity index (χ4v) is 2.83. The Morgan fingerprint density at radius 2 is 0.700 bits per heavy atom. The van der Waals surface area contributed by atoms with Gasteiger partial charge in [0.25, 0.3) is 0 Å². The highest BCUT2D eigenvalue weighted by molar-refractivity contribution is 6.17. The lowest BCUT2D eigenvalue weighted by molar-refractivity contribution is 0.531. The van der Waals surface area contributed by atoms with Gasteiger partial charge in [-0.05, 0) is 6.42 Å². The number of halogens is 2. The summed E-state index contributed by atoms with van der Waals surface area (Å²) in [6.45, 7) is 2.29. The molecule has 0 saturated heterocycles. The van der Waals surface area contributed by atoms with Gasteiger partial charge < -0.3 is 0 Å². The van der Waals surface area contributed by atoms with Crippen molar-refractivity contribution in [3.63, 3.8) is 0 Å². The maximum absolute atomic E-state index is 5.66. The molecule has 0 heterocycles. The normalized spacial score (nSPS) is 10.5. The molecule has 0 aromatic carbocycles. The zero-order chi connectivity index (χ0) is 14.0. The largest absolute Gasteiger partial charge is 0.147 e. The van der Waals surface area contributed by atoms with Gasteiger partial charge in [0.05, 0.1) is 0 Å². The zero-order valence-electron chi connectivity index (χ0n) is 13.8. The third-order valence-corrected chi connectivity index (χ3v) is 4.25. The Hall–Kier alpha value is 0.580. The van der Waals surface area contributed by atoms with Crippen LogP contribution in [-0.4, -0.2) is 5.88 Å². The average Bonchev–Trinajstić information content (AvgIpc) is 2.43. The quantitative estimate of drug-likeness (QED) is 0.200. The van der Waals surface area contributed by atoms with E-state index in [0.717, 1.165) is 5.88 Å². The van der Waals surface area contributed by atoms with Gasteiger partial charge in [0.1, 0.15) is 0 Å². The third kappa shape index (κ3) is 20.9. The first-order chi connectivity index (χ1) is 9.41. The summed E-state index contributed by atoms with van der Waals surface area (Å²) in [4.78, 5) is 0. The topological polar surface area (TPSA) is 0 Å². The van der Waals surface area contributed by atoms with Crippen molar-refractivity contribution in [1.82, 2.24) is 0 Å². The Labute approximate surface area is 139 Å². The molecule has 0 bridgehead atoms. The molecule has 0 aliphatic carbocycles. The zero-order valence-corrected chi connectivity index (χ0v) is 15.4. The molecular weight excluding hydrogens is 287 g/mol. The van der Waals surface area contributed by atoms with Crippen LogP contribution in [0.3, 0.4) is 0 Å². The maximum Gasteiger partial charge on any atom is 0.0223 e. The summed E-state index contributed by atoms with van der Waals surface area (Å²) < 4.78 is 0. The molecular formula is C18H38Cl2. The lowest BCUT2D eigenvalue weighted by atomic mass is 10.0. The first-order valence-electron chi connectivity index (χ1n) is 8.97. The van der Waals surface area contributed by atoms with Crippen LogP contribution in [0.2, 0.25) is 0 Å². The number of hydrogen-bond acceptors (Lipinski definition) is 0. The molecule has 0 radical (unpaired) electrons. The number of rotatable bonds is 16. The van der Waals surface area contributed by atoms with Crippen LogP contribution in [0.25, 0.3) is 0 Å². The molecule has 124 valence electrons. The SMILES string of the molecule is CCCCCCCCCCCCCCCCCCCl.Cl. The van der Waals surface area contributed by atoms with Crippen LogP contribution in [-0.2, 0) is 0 Å². The molecule has 0 aliphatic heterocycles. The molecule has 0 saturated carbocycles. The second-order valence-corrected chi connectivity index (χ2v) is 6.37. The van der Waals surface area contributed by atoms with Gasteiger partial charge in [0, 0.05) is 5.88 Å². The van der Waals surface area contributed by atoms with Gasteiger partial charge in [-0.3, -0.25) is 0 Å². The van der Waals surface area contributed by atoms with Crippen LogP contribution in [0.5, 0.6) is 0 Å². The minimum Gasteiger partial charge on any atom is -0.147 e. The van der Waals surface area contributed by atoms with Gasteiger partial charge in [-0.2, -0.15) is 0 Å². The van der Waals surface area contributed by atoms with E-state index < -0.39 is 0 Å². The van der Waals surface area contributed by atoms with E-state index in [1.54, 1.807) is 0 Å². The lowest BCUT2D eigenvalue weighted by Crippen LogP contribution is -1.83. The molecule has 0 aromatic rings. The van der Waals surface area contributed by atoms with Gasteiger partial charge in [-0.1, -0.05) is 103 Å². The highest BCUT2D eigenvalue weighted by Crippen LogP contribution is 2.13. The average molecular weight is 325 g/mol. The van der Waals surface area contributed by atoms with Crippen LogP contribution in [0.15, 0.2) is 0 Å². The molecule has 0 amide bonds. The van der Waals surface area contributed by atoms with Crippen molar-refractivity contribution in [2.45, 2.75) is 110 Å². The highest BCUT2D eigenvalue weighted by atomic mass is 35.5. The van der Waals surface area contributed by atoms with Crippen molar-refractivity contribution in [3.8, 4) is 0 Å². The Morgan fingerprint density at radius 1 is 0.450 bits per heavy atom. The number of unbranched alkanes of at least 4 members (excludes halogenated alkanes) is 15. The summed E-state index contributed by atoms with van der Waals surface area (Å²) in [5.41, 5.74) is 0. The maximum atomic E-state index is 5.66. The molecule has 2 heteroatoms. The lowest BCUT2D eigenvalue weighted by Gasteiger charge is -2.03. The fourth-order valence-electron chi connectivity index (χ4n) is 2.64. The van der Waals surface area contributed by atoms with Crippen LogP contribution in [0.1, 0.15) is 110 Å². The Morgan fingerprint density at radius 3 is 0.950 bits per heavy atom. The summed E-state index contributed by atoms with van der Waals surface area (Å²) >= 11 is 5.66. The highest BCUT2D eigenvalue weighted by Gasteiger charge is 1.94. The van der Waals surface area contributed by atoms with E-state index in [4.69, 9.17) is 11.6 Å². The molecule has 0 spiro atoms. The summed E-state index contributed by atoms with van der Waals surface area (Å²) in [5, 5.41) is 0. The third-order valence-electron chi connectivity index (χ3n) is 3.99. The Balaban J connectivity index is 0. The standard InChI is InChI=1S/C18H37Cl.ClH/c1-2-3-4-5-6-7-8-9-10-11-12-13-14-15-16-17-18-19;/h2-18H2,1H3;1H. The van der Waals surface area contributed by atoms with Crippen molar-refractivity contribution < 1.29 is 0 Å². The van der Waals surface area contributed by atoms with Crippen molar-refractivity contribution in [1.29, 1.82) is 0 Å². The molecule has 0 N–H and O–H groups in total. The number of alkyl halides is 1. The number of hydrogen-bond donors (Lipinski definition) is 0. The van der Waals surface area contributed by atoms with Crippen LogP contribution < -0.4 is 0 Å². The fraction of sp³-hybridized carbons (Fsp3) is 1.00.